The van der Waals surface area contributed by atoms with Crippen molar-refractivity contribution in [2.45, 2.75) is 11.8 Å². The van der Waals surface area contributed by atoms with Crippen LogP contribution in [0.25, 0.3) is 0 Å². The number of rotatable bonds is 5. The van der Waals surface area contributed by atoms with Crippen molar-refractivity contribution < 1.29 is 22.7 Å². The van der Waals surface area contributed by atoms with Gasteiger partial charge in [-0.25, -0.2) is 13.2 Å². The smallest absolute Gasteiger partial charge is 0.338 e. The quantitative estimate of drug-likeness (QED) is 0.472. The third kappa shape index (κ3) is 4.35. The highest BCUT2D eigenvalue weighted by molar-refractivity contribution is 8.13. The first-order valence-corrected chi connectivity index (χ1v) is 7.87. The average Bonchev–Trinajstić information content (AvgIpc) is 2.31. The zero-order valence-electron chi connectivity index (χ0n) is 10.3. The van der Waals surface area contributed by atoms with Gasteiger partial charge in [-0.15, -0.1) is 0 Å². The van der Waals surface area contributed by atoms with Crippen LogP contribution in [0, 0.1) is 6.92 Å². The van der Waals surface area contributed by atoms with Crippen molar-refractivity contribution in [3.8, 4) is 0 Å². The summed E-state index contributed by atoms with van der Waals surface area (Å²) in [5, 5.41) is 0.125. The van der Waals surface area contributed by atoms with E-state index in [1.165, 1.54) is 13.2 Å². The number of benzene rings is 1. The summed E-state index contributed by atoms with van der Waals surface area (Å²) in [4.78, 5) is 11.6. The number of halogens is 2. The van der Waals surface area contributed by atoms with Crippen LogP contribution in [-0.2, 0) is 18.5 Å². The highest BCUT2D eigenvalue weighted by Gasteiger charge is 2.19. The lowest BCUT2D eigenvalue weighted by molar-refractivity contribution is 0.0387. The summed E-state index contributed by atoms with van der Waals surface area (Å²) in [6.07, 6.45) is 0. The molecule has 106 valence electrons. The third-order valence-corrected chi connectivity index (χ3v) is 4.07. The lowest BCUT2D eigenvalue weighted by Gasteiger charge is -2.09. The lowest BCUT2D eigenvalue weighted by atomic mass is 10.1. The van der Waals surface area contributed by atoms with Gasteiger partial charge in [0.15, 0.2) is 0 Å². The first-order chi connectivity index (χ1) is 8.77. The van der Waals surface area contributed by atoms with E-state index in [0.717, 1.165) is 6.07 Å². The molecule has 0 amide bonds. The number of hydrogen-bond acceptors (Lipinski definition) is 5. The minimum atomic E-state index is -3.97. The molecule has 0 bridgehead atoms. The molecule has 0 aromatic heterocycles. The minimum absolute atomic E-state index is 0.0582. The number of carbonyl (C=O) groups is 1. The molecular weight excluding hydrogens is 315 g/mol. The van der Waals surface area contributed by atoms with E-state index in [0.29, 0.717) is 5.56 Å². The Kier molecular flexibility index (Phi) is 5.61. The van der Waals surface area contributed by atoms with E-state index in [4.69, 9.17) is 31.8 Å². The maximum atomic E-state index is 11.8. The predicted octanol–water partition coefficient (Wildman–Crippen LogP) is 2.38. The molecule has 1 aromatic carbocycles. The van der Waals surface area contributed by atoms with E-state index in [9.17, 15) is 13.2 Å². The van der Waals surface area contributed by atoms with Gasteiger partial charge in [-0.1, -0.05) is 11.6 Å². The monoisotopic (exact) mass is 326 g/mol. The standard InChI is InChI=1S/C11H12Cl2O5S/c1-7-9(11(14)18-4-3-17-2)5-8(6-10(7)12)19(13,15)16/h5-6H,3-4H2,1-2H3. The fourth-order valence-corrected chi connectivity index (χ4v) is 2.37. The summed E-state index contributed by atoms with van der Waals surface area (Å²) in [5.41, 5.74) is 0.482. The van der Waals surface area contributed by atoms with Crippen molar-refractivity contribution in [2.24, 2.45) is 0 Å². The molecule has 0 aliphatic rings. The molecule has 5 nitrogen and oxygen atoms in total. The minimum Gasteiger partial charge on any atom is -0.460 e. The number of esters is 1. The van der Waals surface area contributed by atoms with Gasteiger partial charge in [0, 0.05) is 22.8 Å². The maximum absolute atomic E-state index is 11.8. The van der Waals surface area contributed by atoms with Gasteiger partial charge >= 0.3 is 5.97 Å². The Morgan fingerprint density at radius 3 is 2.47 bits per heavy atom. The van der Waals surface area contributed by atoms with E-state index in [1.54, 1.807) is 6.92 Å². The molecule has 1 aromatic rings. The average molecular weight is 327 g/mol. The van der Waals surface area contributed by atoms with Gasteiger partial charge in [-0.2, -0.15) is 0 Å². The Bertz CT molecular complexity index is 583. The zero-order valence-corrected chi connectivity index (χ0v) is 12.6. The first-order valence-electron chi connectivity index (χ1n) is 5.18. The van der Waals surface area contributed by atoms with Gasteiger partial charge in [0.05, 0.1) is 17.1 Å². The van der Waals surface area contributed by atoms with E-state index in [-0.39, 0.29) is 28.7 Å². The second kappa shape index (κ2) is 6.56. The van der Waals surface area contributed by atoms with Crippen LogP contribution in [0.5, 0.6) is 0 Å². The van der Waals surface area contributed by atoms with Gasteiger partial charge in [0.2, 0.25) is 0 Å². The van der Waals surface area contributed by atoms with Gasteiger partial charge < -0.3 is 9.47 Å². The molecule has 0 N–H and O–H groups in total. The van der Waals surface area contributed by atoms with Crippen molar-refractivity contribution in [1.29, 1.82) is 0 Å². The van der Waals surface area contributed by atoms with Gasteiger partial charge in [-0.3, -0.25) is 0 Å². The van der Waals surface area contributed by atoms with Crippen LogP contribution in [0.1, 0.15) is 15.9 Å². The topological polar surface area (TPSA) is 69.7 Å². The Morgan fingerprint density at radius 2 is 1.95 bits per heavy atom. The molecular formula is C11H12Cl2O5S. The van der Waals surface area contributed by atoms with Crippen LogP contribution >= 0.6 is 22.3 Å². The summed E-state index contributed by atoms with van der Waals surface area (Å²) in [5.74, 6) is -0.682. The molecule has 0 aliphatic heterocycles. The number of carbonyl (C=O) groups excluding carboxylic acids is 1. The number of hydrogen-bond donors (Lipinski definition) is 0. The van der Waals surface area contributed by atoms with Crippen LogP contribution < -0.4 is 0 Å². The van der Waals surface area contributed by atoms with Crippen LogP contribution in [0.3, 0.4) is 0 Å². The van der Waals surface area contributed by atoms with Crippen LogP contribution in [0.4, 0.5) is 0 Å². The van der Waals surface area contributed by atoms with E-state index in [1.807, 2.05) is 0 Å². The largest absolute Gasteiger partial charge is 0.460 e. The van der Waals surface area contributed by atoms with E-state index in [2.05, 4.69) is 0 Å². The van der Waals surface area contributed by atoms with Gasteiger partial charge in [0.25, 0.3) is 9.05 Å². The molecule has 0 saturated heterocycles. The summed E-state index contributed by atoms with van der Waals surface area (Å²) in [6.45, 7) is 1.89. The van der Waals surface area contributed by atoms with Crippen LogP contribution in [0.2, 0.25) is 5.02 Å². The van der Waals surface area contributed by atoms with Crippen molar-refractivity contribution in [3.63, 3.8) is 0 Å². The molecule has 1 rings (SSSR count). The molecule has 0 radical (unpaired) electrons. The first kappa shape index (κ1) is 16.2. The molecule has 0 atom stereocenters. The molecule has 8 heteroatoms. The Hall–Kier alpha value is -0.820. The number of ether oxygens (including phenoxy) is 2. The lowest BCUT2D eigenvalue weighted by Crippen LogP contribution is -2.12. The summed E-state index contributed by atoms with van der Waals surface area (Å²) in [6, 6.07) is 2.32. The van der Waals surface area contributed by atoms with Gasteiger partial charge in [0.1, 0.15) is 6.61 Å². The van der Waals surface area contributed by atoms with Crippen molar-refractivity contribution in [2.75, 3.05) is 20.3 Å². The second-order valence-corrected chi connectivity index (χ2v) is 6.62. The molecule has 19 heavy (non-hydrogen) atoms. The predicted molar refractivity (Wildman–Crippen MR) is 71.4 cm³/mol. The normalized spacial score (nSPS) is 11.4. The summed E-state index contributed by atoms with van der Waals surface area (Å²) >= 11 is 5.87. The second-order valence-electron chi connectivity index (χ2n) is 3.64. The zero-order chi connectivity index (χ0) is 14.6. The van der Waals surface area contributed by atoms with Crippen LogP contribution in [-0.4, -0.2) is 34.7 Å². The Labute approximate surface area is 120 Å². The molecule has 0 aliphatic carbocycles. The summed E-state index contributed by atoms with van der Waals surface area (Å²) < 4.78 is 32.2. The highest BCUT2D eigenvalue weighted by Crippen LogP contribution is 2.26. The maximum Gasteiger partial charge on any atom is 0.338 e. The number of methoxy groups -OCH3 is 1. The third-order valence-electron chi connectivity index (χ3n) is 2.34. The van der Waals surface area contributed by atoms with Crippen molar-refractivity contribution >= 4 is 37.3 Å². The fourth-order valence-electron chi connectivity index (χ4n) is 1.30. The molecule has 0 unspecified atom stereocenters. The van der Waals surface area contributed by atoms with Crippen molar-refractivity contribution in [1.82, 2.24) is 0 Å². The fraction of sp³-hybridized carbons (Fsp3) is 0.364. The van der Waals surface area contributed by atoms with Crippen LogP contribution in [0.15, 0.2) is 17.0 Å². The molecule has 0 fully saturated rings. The van der Waals surface area contributed by atoms with Crippen molar-refractivity contribution in [3.05, 3.63) is 28.3 Å². The SMILES string of the molecule is COCCOC(=O)c1cc(S(=O)(=O)Cl)cc(Cl)c1C. The van der Waals surface area contributed by atoms with E-state index < -0.39 is 15.0 Å². The van der Waals surface area contributed by atoms with E-state index >= 15 is 0 Å². The Balaban J connectivity index is 3.13. The summed E-state index contributed by atoms with van der Waals surface area (Å²) in [7, 11) is 2.73. The molecule has 0 heterocycles. The molecule has 0 spiro atoms. The molecule has 0 saturated carbocycles. The highest BCUT2D eigenvalue weighted by atomic mass is 35.7. The van der Waals surface area contributed by atoms with Gasteiger partial charge in [-0.05, 0) is 24.6 Å². The Morgan fingerprint density at radius 1 is 1.32 bits per heavy atom.